The Morgan fingerprint density at radius 2 is 1.46 bits per heavy atom. The standard InChI is InChI=1S/C29H29N2O2S.Na/c1-19(2)18-22-10-12-24(13-11-22)25-14-16-26(17-15-25)28-27(20(3)31-34-28)30-29(32)33-21(4)23-8-6-5-7-9-23;/h5-19,21H,1-4H3,(H,30,32);/q-1;+1/t21-;/m1./s1. The van der Waals surface area contributed by atoms with Crippen LogP contribution in [0.4, 0.5) is 10.5 Å². The van der Waals surface area contributed by atoms with E-state index in [9.17, 15) is 4.79 Å². The molecule has 0 saturated carbocycles. The molecule has 4 nitrogen and oxygen atoms in total. The van der Waals surface area contributed by atoms with Gasteiger partial charge in [0, 0.05) is 0 Å². The Morgan fingerprint density at radius 1 is 0.886 bits per heavy atom. The molecule has 0 bridgehead atoms. The van der Waals surface area contributed by atoms with Crippen LogP contribution in [-0.4, -0.2) is 10.5 Å². The van der Waals surface area contributed by atoms with E-state index in [2.05, 4.69) is 78.5 Å². The number of hydrogen-bond acceptors (Lipinski definition) is 4. The summed E-state index contributed by atoms with van der Waals surface area (Å²) in [5, 5.41) is 2.91. The number of rotatable bonds is 7. The van der Waals surface area contributed by atoms with E-state index in [0.717, 1.165) is 27.3 Å². The summed E-state index contributed by atoms with van der Waals surface area (Å²) >= 11 is 1.37. The first kappa shape index (κ1) is 27.0. The van der Waals surface area contributed by atoms with Gasteiger partial charge < -0.3 is 4.74 Å². The summed E-state index contributed by atoms with van der Waals surface area (Å²) in [5.41, 5.74) is 6.97. The van der Waals surface area contributed by atoms with Crippen LogP contribution in [0.25, 0.3) is 21.6 Å². The maximum atomic E-state index is 12.6. The van der Waals surface area contributed by atoms with Gasteiger partial charge in [0.15, 0.2) is 0 Å². The Bertz CT molecular complexity index is 1240. The fourth-order valence-corrected chi connectivity index (χ4v) is 4.63. The molecule has 6 heteroatoms. The molecule has 0 fully saturated rings. The van der Waals surface area contributed by atoms with Crippen LogP contribution in [0.5, 0.6) is 0 Å². The van der Waals surface area contributed by atoms with Gasteiger partial charge in [-0.2, -0.15) is 28.5 Å². The maximum absolute atomic E-state index is 12.6. The van der Waals surface area contributed by atoms with Crippen molar-refractivity contribution in [3.05, 3.63) is 102 Å². The maximum Gasteiger partial charge on any atom is 1.00 e. The number of ether oxygens (including phenoxy) is 1. The predicted octanol–water partition coefficient (Wildman–Crippen LogP) is 5.31. The molecule has 0 aliphatic rings. The smallest absolute Gasteiger partial charge is 0.441 e. The van der Waals surface area contributed by atoms with Gasteiger partial charge in [-0.15, -0.1) is 12.1 Å². The van der Waals surface area contributed by atoms with Crippen molar-refractivity contribution in [2.45, 2.75) is 33.8 Å². The molecule has 4 rings (SSSR count). The topological polar surface area (TPSA) is 51.2 Å². The van der Waals surface area contributed by atoms with E-state index in [1.54, 1.807) is 0 Å². The van der Waals surface area contributed by atoms with Crippen molar-refractivity contribution in [2.24, 2.45) is 5.92 Å². The Morgan fingerprint density at radius 3 is 2.06 bits per heavy atom. The second-order valence-electron chi connectivity index (χ2n) is 8.67. The van der Waals surface area contributed by atoms with Crippen LogP contribution in [0.1, 0.15) is 43.7 Å². The van der Waals surface area contributed by atoms with Crippen LogP contribution in [0, 0.1) is 19.3 Å². The van der Waals surface area contributed by atoms with E-state index >= 15 is 0 Å². The number of aryl methyl sites for hydroxylation is 1. The number of nitrogens with zero attached hydrogens (tertiary/aromatic N) is 1. The Kier molecular flexibility index (Phi) is 9.58. The van der Waals surface area contributed by atoms with E-state index in [-0.39, 0.29) is 35.7 Å². The molecule has 0 spiro atoms. The van der Waals surface area contributed by atoms with Gasteiger partial charge in [-0.05, 0) is 47.6 Å². The Labute approximate surface area is 234 Å². The van der Waals surface area contributed by atoms with Crippen LogP contribution < -0.4 is 34.9 Å². The van der Waals surface area contributed by atoms with Gasteiger partial charge in [-0.1, -0.05) is 74.4 Å². The molecule has 1 amide bonds. The normalized spacial score (nSPS) is 11.5. The van der Waals surface area contributed by atoms with Crippen molar-refractivity contribution in [3.63, 3.8) is 0 Å². The minimum Gasteiger partial charge on any atom is -0.441 e. The molecule has 1 atom stereocenters. The van der Waals surface area contributed by atoms with Crippen LogP contribution in [0.2, 0.25) is 0 Å². The van der Waals surface area contributed by atoms with Crippen LogP contribution in [0.3, 0.4) is 0 Å². The third kappa shape index (κ3) is 6.98. The molecule has 0 radical (unpaired) electrons. The van der Waals surface area contributed by atoms with Gasteiger partial charge in [0.1, 0.15) is 6.10 Å². The molecular formula is C29H29N2NaO2S. The van der Waals surface area contributed by atoms with E-state index in [1.807, 2.05) is 44.2 Å². The van der Waals surface area contributed by atoms with Crippen molar-refractivity contribution < 1.29 is 39.1 Å². The van der Waals surface area contributed by atoms with Gasteiger partial charge in [0.2, 0.25) is 0 Å². The number of anilines is 1. The molecule has 3 aromatic carbocycles. The third-order valence-electron chi connectivity index (χ3n) is 5.56. The predicted molar refractivity (Wildman–Crippen MR) is 141 cm³/mol. The fraction of sp³-hybridized carbons (Fsp3) is 0.207. The number of hydrogen-bond donors (Lipinski definition) is 1. The third-order valence-corrected chi connectivity index (χ3v) is 6.55. The zero-order valence-electron chi connectivity index (χ0n) is 20.9. The van der Waals surface area contributed by atoms with E-state index in [4.69, 9.17) is 4.74 Å². The van der Waals surface area contributed by atoms with Crippen LogP contribution >= 0.6 is 11.5 Å². The number of amides is 1. The van der Waals surface area contributed by atoms with E-state index in [1.165, 1.54) is 22.7 Å². The second kappa shape index (κ2) is 12.4. The number of nitrogens with one attached hydrogen (secondary N) is 1. The van der Waals surface area contributed by atoms with Crippen molar-refractivity contribution in [2.75, 3.05) is 5.32 Å². The summed E-state index contributed by atoms with van der Waals surface area (Å²) in [7, 11) is 0. The van der Waals surface area contributed by atoms with E-state index in [0.29, 0.717) is 11.6 Å². The number of benzene rings is 3. The molecule has 4 aromatic rings. The van der Waals surface area contributed by atoms with Gasteiger partial charge in [0.05, 0.1) is 16.3 Å². The van der Waals surface area contributed by atoms with Crippen molar-refractivity contribution in [1.82, 2.24) is 4.37 Å². The molecule has 1 N–H and O–H groups in total. The minimum absolute atomic E-state index is 0. The van der Waals surface area contributed by atoms with Gasteiger partial charge in [-0.3, -0.25) is 5.32 Å². The summed E-state index contributed by atoms with van der Waals surface area (Å²) in [5.74, 6) is 0.523. The first-order chi connectivity index (χ1) is 16.4. The summed E-state index contributed by atoms with van der Waals surface area (Å²) in [6.45, 7) is 8.11. The largest absolute Gasteiger partial charge is 1.00 e. The van der Waals surface area contributed by atoms with E-state index < -0.39 is 6.09 Å². The Balaban J connectivity index is 0.00000342. The number of aromatic nitrogens is 1. The van der Waals surface area contributed by atoms with Crippen molar-refractivity contribution in [3.8, 4) is 21.6 Å². The minimum atomic E-state index is -0.490. The number of carbonyl (C=O) groups is 1. The molecule has 0 unspecified atom stereocenters. The summed E-state index contributed by atoms with van der Waals surface area (Å²) < 4.78 is 10.1. The first-order valence-corrected chi connectivity index (χ1v) is 12.2. The monoisotopic (exact) mass is 492 g/mol. The van der Waals surface area contributed by atoms with Gasteiger partial charge in [0.25, 0.3) is 0 Å². The summed E-state index contributed by atoms with van der Waals surface area (Å²) in [6, 6.07) is 26.6. The number of carbonyl (C=O) groups excluding carboxylic acids is 1. The molecule has 0 aliphatic heterocycles. The molecule has 35 heavy (non-hydrogen) atoms. The average Bonchev–Trinajstić information content (AvgIpc) is 3.19. The van der Waals surface area contributed by atoms with Gasteiger partial charge in [-0.25, -0.2) is 4.79 Å². The summed E-state index contributed by atoms with van der Waals surface area (Å²) in [6.07, 6.45) is 1.41. The van der Waals surface area contributed by atoms with Crippen LogP contribution in [0.15, 0.2) is 78.9 Å². The SMILES string of the molecule is Cc1nsc(-c2ccc(-c3ccc([CH-]C(C)C)cc3)cc2)c1NC(=O)O[C@H](C)c1ccccc1.[Na+]. The Hall–Kier alpha value is -2.57. The molecular weight excluding hydrogens is 463 g/mol. The van der Waals surface area contributed by atoms with Gasteiger partial charge >= 0.3 is 35.7 Å². The zero-order chi connectivity index (χ0) is 24.1. The first-order valence-electron chi connectivity index (χ1n) is 11.5. The molecule has 1 aromatic heterocycles. The molecule has 174 valence electrons. The summed E-state index contributed by atoms with van der Waals surface area (Å²) in [4.78, 5) is 13.5. The second-order valence-corrected chi connectivity index (χ2v) is 9.44. The van der Waals surface area contributed by atoms with Crippen molar-refractivity contribution >= 4 is 23.3 Å². The molecule has 0 saturated heterocycles. The average molecular weight is 493 g/mol. The quantitative estimate of drug-likeness (QED) is 0.281. The molecule has 1 heterocycles. The molecule has 0 aliphatic carbocycles. The van der Waals surface area contributed by atoms with Crippen LogP contribution in [-0.2, 0) is 4.74 Å². The van der Waals surface area contributed by atoms with Crippen molar-refractivity contribution in [1.29, 1.82) is 0 Å². The zero-order valence-corrected chi connectivity index (χ0v) is 23.7. The fourth-order valence-electron chi connectivity index (χ4n) is 3.78.